The SMILES string of the molecule is COC(=O)c1ccccc1/C=N\NC(=S)NCC[NH+]1CCOCC1. The normalized spacial score (nSPS) is 15.2. The molecular formula is C16H23N4O3S+. The summed E-state index contributed by atoms with van der Waals surface area (Å²) >= 11 is 5.18. The zero-order valence-corrected chi connectivity index (χ0v) is 14.5. The number of ether oxygens (including phenoxy) is 2. The number of hydrogen-bond donors (Lipinski definition) is 3. The van der Waals surface area contributed by atoms with Crippen LogP contribution in [-0.2, 0) is 9.47 Å². The molecule has 0 saturated carbocycles. The van der Waals surface area contributed by atoms with Gasteiger partial charge in [-0.2, -0.15) is 5.10 Å². The van der Waals surface area contributed by atoms with Gasteiger partial charge < -0.3 is 19.7 Å². The number of methoxy groups -OCH3 is 1. The van der Waals surface area contributed by atoms with Crippen LogP contribution in [0.25, 0.3) is 0 Å². The fourth-order valence-corrected chi connectivity index (χ4v) is 2.52. The monoisotopic (exact) mass is 351 g/mol. The van der Waals surface area contributed by atoms with Crippen LogP contribution < -0.4 is 15.6 Å². The lowest BCUT2D eigenvalue weighted by molar-refractivity contribution is -0.906. The third-order valence-electron chi connectivity index (χ3n) is 3.70. The summed E-state index contributed by atoms with van der Waals surface area (Å²) in [5.41, 5.74) is 3.88. The topological polar surface area (TPSA) is 76.4 Å². The van der Waals surface area contributed by atoms with Crippen molar-refractivity contribution in [2.24, 2.45) is 5.10 Å². The smallest absolute Gasteiger partial charge is 0.338 e. The summed E-state index contributed by atoms with van der Waals surface area (Å²) < 4.78 is 10.1. The van der Waals surface area contributed by atoms with E-state index >= 15 is 0 Å². The van der Waals surface area contributed by atoms with E-state index in [1.165, 1.54) is 12.0 Å². The summed E-state index contributed by atoms with van der Waals surface area (Å²) in [6, 6.07) is 7.08. The van der Waals surface area contributed by atoms with Crippen LogP contribution in [-0.4, -0.2) is 63.8 Å². The number of nitrogens with zero attached hydrogens (tertiary/aromatic N) is 1. The quantitative estimate of drug-likeness (QED) is 0.269. The lowest BCUT2D eigenvalue weighted by Gasteiger charge is -2.23. The predicted molar refractivity (Wildman–Crippen MR) is 95.5 cm³/mol. The maximum Gasteiger partial charge on any atom is 0.338 e. The molecule has 1 aromatic rings. The average molecular weight is 351 g/mol. The number of esters is 1. The molecule has 1 aromatic carbocycles. The molecular weight excluding hydrogens is 328 g/mol. The lowest BCUT2D eigenvalue weighted by atomic mass is 10.1. The molecule has 0 aromatic heterocycles. The minimum Gasteiger partial charge on any atom is -0.465 e. The van der Waals surface area contributed by atoms with Crippen LogP contribution in [0.5, 0.6) is 0 Å². The fraction of sp³-hybridized carbons (Fsp3) is 0.438. The van der Waals surface area contributed by atoms with Crippen LogP contribution in [0, 0.1) is 0 Å². The third-order valence-corrected chi connectivity index (χ3v) is 3.94. The standard InChI is InChI=1S/C16H22N4O3S/c1-22-15(21)14-5-3-2-4-13(14)12-18-19-16(24)17-6-7-20-8-10-23-11-9-20/h2-5,12H,6-11H2,1H3,(H2,17,19,24)/p+1/b18-12-. The summed E-state index contributed by atoms with van der Waals surface area (Å²) in [6.45, 7) is 5.47. The molecule has 3 N–H and O–H groups in total. The van der Waals surface area contributed by atoms with E-state index in [0.29, 0.717) is 16.2 Å². The first-order valence-electron chi connectivity index (χ1n) is 7.86. The molecule has 0 unspecified atom stereocenters. The number of hydrogen-bond acceptors (Lipinski definition) is 5. The Hall–Kier alpha value is -2.03. The minimum absolute atomic E-state index is 0.397. The highest BCUT2D eigenvalue weighted by atomic mass is 32.1. The van der Waals surface area contributed by atoms with Gasteiger partial charge >= 0.3 is 5.97 Å². The predicted octanol–water partition coefficient (Wildman–Crippen LogP) is -0.814. The molecule has 8 heteroatoms. The maximum atomic E-state index is 11.7. The molecule has 0 aliphatic carbocycles. The molecule has 1 fully saturated rings. The first kappa shape index (κ1) is 18.3. The van der Waals surface area contributed by atoms with Crippen molar-refractivity contribution in [3.8, 4) is 0 Å². The highest BCUT2D eigenvalue weighted by Gasteiger charge is 2.13. The van der Waals surface area contributed by atoms with Gasteiger partial charge in [-0.25, -0.2) is 4.79 Å². The summed E-state index contributed by atoms with van der Waals surface area (Å²) in [6.07, 6.45) is 1.55. The summed E-state index contributed by atoms with van der Waals surface area (Å²) in [5, 5.41) is 7.64. The van der Waals surface area contributed by atoms with Crippen molar-refractivity contribution in [1.29, 1.82) is 0 Å². The highest BCUT2D eigenvalue weighted by Crippen LogP contribution is 2.07. The van der Waals surface area contributed by atoms with Gasteiger partial charge in [-0.05, 0) is 18.3 Å². The minimum atomic E-state index is -0.397. The van der Waals surface area contributed by atoms with Crippen molar-refractivity contribution in [2.45, 2.75) is 0 Å². The number of carbonyl (C=O) groups is 1. The van der Waals surface area contributed by atoms with Crippen molar-refractivity contribution in [3.63, 3.8) is 0 Å². The van der Waals surface area contributed by atoms with Gasteiger partial charge in [0.05, 0.1) is 45.2 Å². The summed E-state index contributed by atoms with van der Waals surface area (Å²) in [7, 11) is 1.35. The fourth-order valence-electron chi connectivity index (χ4n) is 2.37. The van der Waals surface area contributed by atoms with Gasteiger partial charge in [0.15, 0.2) is 5.11 Å². The molecule has 0 spiro atoms. The second-order valence-corrected chi connectivity index (χ2v) is 5.73. The van der Waals surface area contributed by atoms with Crippen molar-refractivity contribution in [2.75, 3.05) is 46.5 Å². The first-order chi connectivity index (χ1) is 11.7. The van der Waals surface area contributed by atoms with Crippen molar-refractivity contribution in [1.82, 2.24) is 10.7 Å². The molecule has 0 amide bonds. The number of nitrogens with one attached hydrogen (secondary N) is 3. The van der Waals surface area contributed by atoms with Crippen molar-refractivity contribution >= 4 is 29.5 Å². The third kappa shape index (κ3) is 5.88. The Morgan fingerprint density at radius 1 is 1.42 bits per heavy atom. The van der Waals surface area contributed by atoms with E-state index in [2.05, 4.69) is 15.8 Å². The second-order valence-electron chi connectivity index (χ2n) is 5.32. The van der Waals surface area contributed by atoms with E-state index in [0.717, 1.165) is 39.4 Å². The van der Waals surface area contributed by atoms with Gasteiger partial charge in [-0.3, -0.25) is 5.43 Å². The van der Waals surface area contributed by atoms with Crippen LogP contribution in [0.4, 0.5) is 0 Å². The number of carbonyl (C=O) groups excluding carboxylic acids is 1. The number of hydrazone groups is 1. The molecule has 1 aliphatic rings. The highest BCUT2D eigenvalue weighted by molar-refractivity contribution is 7.80. The van der Waals surface area contributed by atoms with Gasteiger partial charge in [0, 0.05) is 5.56 Å². The molecule has 2 rings (SSSR count). The molecule has 24 heavy (non-hydrogen) atoms. The number of rotatable bonds is 6. The van der Waals surface area contributed by atoms with E-state index in [-0.39, 0.29) is 0 Å². The van der Waals surface area contributed by atoms with Gasteiger partial charge in [0.1, 0.15) is 13.1 Å². The van der Waals surface area contributed by atoms with Crippen LogP contribution in [0.3, 0.4) is 0 Å². The van der Waals surface area contributed by atoms with E-state index in [4.69, 9.17) is 21.7 Å². The largest absolute Gasteiger partial charge is 0.465 e. The Kier molecular flexibility index (Phi) is 7.60. The lowest BCUT2D eigenvalue weighted by Crippen LogP contribution is -3.14. The zero-order valence-electron chi connectivity index (χ0n) is 13.7. The Labute approximate surface area is 147 Å². The number of morpholine rings is 1. The second kappa shape index (κ2) is 9.96. The summed E-state index contributed by atoms with van der Waals surface area (Å²) in [5.74, 6) is -0.397. The number of quaternary nitrogens is 1. The van der Waals surface area contributed by atoms with E-state index < -0.39 is 5.97 Å². The van der Waals surface area contributed by atoms with Crippen LogP contribution in [0.15, 0.2) is 29.4 Å². The molecule has 1 heterocycles. The van der Waals surface area contributed by atoms with E-state index in [1.807, 2.05) is 6.07 Å². The van der Waals surface area contributed by atoms with Gasteiger partial charge in [0.25, 0.3) is 0 Å². The molecule has 1 saturated heterocycles. The van der Waals surface area contributed by atoms with Gasteiger partial charge in [0.2, 0.25) is 0 Å². The number of thiocarbonyl (C=S) groups is 1. The average Bonchev–Trinajstić information content (AvgIpc) is 2.62. The van der Waals surface area contributed by atoms with Crippen LogP contribution in [0.2, 0.25) is 0 Å². The van der Waals surface area contributed by atoms with Crippen molar-refractivity contribution < 1.29 is 19.2 Å². The van der Waals surface area contributed by atoms with Gasteiger partial charge in [-0.1, -0.05) is 18.2 Å². The Morgan fingerprint density at radius 3 is 2.92 bits per heavy atom. The van der Waals surface area contributed by atoms with Crippen LogP contribution in [0.1, 0.15) is 15.9 Å². The molecule has 7 nitrogen and oxygen atoms in total. The van der Waals surface area contributed by atoms with E-state index in [9.17, 15) is 4.79 Å². The maximum absolute atomic E-state index is 11.7. The molecule has 1 aliphatic heterocycles. The first-order valence-corrected chi connectivity index (χ1v) is 8.27. The van der Waals surface area contributed by atoms with Gasteiger partial charge in [-0.15, -0.1) is 0 Å². The molecule has 130 valence electrons. The van der Waals surface area contributed by atoms with Crippen molar-refractivity contribution in [3.05, 3.63) is 35.4 Å². The Bertz CT molecular complexity index is 588. The van der Waals surface area contributed by atoms with Crippen LogP contribution >= 0.6 is 12.2 Å². The number of benzene rings is 1. The Balaban J connectivity index is 1.75. The zero-order chi connectivity index (χ0) is 17.2. The molecule has 0 atom stereocenters. The summed E-state index contributed by atoms with van der Waals surface area (Å²) in [4.78, 5) is 13.2. The molecule has 0 radical (unpaired) electrons. The molecule has 0 bridgehead atoms. The van der Waals surface area contributed by atoms with E-state index in [1.54, 1.807) is 24.4 Å². The Morgan fingerprint density at radius 2 is 2.17 bits per heavy atom.